The first kappa shape index (κ1) is 19.1. The van der Waals surface area contributed by atoms with Gasteiger partial charge in [-0.25, -0.2) is 0 Å². The van der Waals surface area contributed by atoms with Crippen molar-refractivity contribution in [1.82, 2.24) is 4.90 Å². The van der Waals surface area contributed by atoms with E-state index in [9.17, 15) is 13.2 Å². The third kappa shape index (κ3) is 4.86. The van der Waals surface area contributed by atoms with E-state index in [1.54, 1.807) is 12.1 Å². The Morgan fingerprint density at radius 1 is 1.42 bits per heavy atom. The van der Waals surface area contributed by atoms with Crippen LogP contribution in [0.25, 0.3) is 0 Å². The summed E-state index contributed by atoms with van der Waals surface area (Å²) in [5.41, 5.74) is 0.598. The molecule has 1 saturated carbocycles. The first-order chi connectivity index (χ1) is 11.2. The highest BCUT2D eigenvalue weighted by Crippen LogP contribution is 2.32. The highest BCUT2D eigenvalue weighted by Gasteiger charge is 2.32. The van der Waals surface area contributed by atoms with Gasteiger partial charge in [-0.1, -0.05) is 24.9 Å². The summed E-state index contributed by atoms with van der Waals surface area (Å²) in [6.45, 7) is 4.31. The van der Waals surface area contributed by atoms with Gasteiger partial charge in [0.05, 0.1) is 6.26 Å². The van der Waals surface area contributed by atoms with E-state index < -0.39 is 10.1 Å². The van der Waals surface area contributed by atoms with Crippen LogP contribution in [0.2, 0.25) is 5.02 Å². The number of nitrogens with zero attached hydrogens (tertiary/aromatic N) is 1. The van der Waals surface area contributed by atoms with Crippen molar-refractivity contribution in [3.05, 3.63) is 28.8 Å². The minimum atomic E-state index is -3.65. The van der Waals surface area contributed by atoms with Gasteiger partial charge in [-0.05, 0) is 44.4 Å². The zero-order chi connectivity index (χ0) is 17.9. The number of halogens is 1. The van der Waals surface area contributed by atoms with Crippen molar-refractivity contribution in [3.8, 4) is 5.75 Å². The molecule has 1 aliphatic carbocycles. The molecular formula is C17H24ClNO4S. The maximum atomic E-state index is 12.7. The van der Waals surface area contributed by atoms with Crippen molar-refractivity contribution in [2.75, 3.05) is 6.26 Å². The minimum absolute atomic E-state index is 0.0585. The Morgan fingerprint density at radius 3 is 2.58 bits per heavy atom. The van der Waals surface area contributed by atoms with Gasteiger partial charge in [0, 0.05) is 29.1 Å². The van der Waals surface area contributed by atoms with Gasteiger partial charge in [0.2, 0.25) is 5.91 Å². The molecule has 1 aromatic rings. The van der Waals surface area contributed by atoms with Crippen LogP contribution in [-0.2, 0) is 21.5 Å². The number of rotatable bonds is 7. The Labute approximate surface area is 149 Å². The highest BCUT2D eigenvalue weighted by molar-refractivity contribution is 7.86. The zero-order valence-electron chi connectivity index (χ0n) is 14.3. The molecule has 0 bridgehead atoms. The Balaban J connectivity index is 2.30. The summed E-state index contributed by atoms with van der Waals surface area (Å²) in [4.78, 5) is 14.6. The van der Waals surface area contributed by atoms with Crippen LogP contribution in [0, 0.1) is 5.92 Å². The number of carbonyl (C=O) groups excluding carboxylic acids is 1. The van der Waals surface area contributed by atoms with Gasteiger partial charge in [0.1, 0.15) is 5.75 Å². The van der Waals surface area contributed by atoms with E-state index in [0.29, 0.717) is 10.6 Å². The fraction of sp³-hybridized carbons (Fsp3) is 0.588. The van der Waals surface area contributed by atoms with Gasteiger partial charge in [0.15, 0.2) is 0 Å². The average Bonchev–Trinajstić information content (AvgIpc) is 2.43. The van der Waals surface area contributed by atoms with Crippen molar-refractivity contribution in [2.24, 2.45) is 5.92 Å². The number of benzene rings is 1. The van der Waals surface area contributed by atoms with Crippen molar-refractivity contribution in [2.45, 2.75) is 52.1 Å². The Morgan fingerprint density at radius 2 is 2.08 bits per heavy atom. The molecule has 7 heteroatoms. The van der Waals surface area contributed by atoms with E-state index in [-0.39, 0.29) is 30.2 Å². The average molecular weight is 374 g/mol. The molecular weight excluding hydrogens is 350 g/mol. The lowest BCUT2D eigenvalue weighted by Crippen LogP contribution is -2.43. The molecule has 0 saturated heterocycles. The van der Waals surface area contributed by atoms with Crippen LogP contribution in [0.1, 0.15) is 45.1 Å². The monoisotopic (exact) mass is 373 g/mol. The molecule has 1 atom stereocenters. The molecule has 0 N–H and O–H groups in total. The van der Waals surface area contributed by atoms with Crippen LogP contribution >= 0.6 is 11.6 Å². The molecule has 0 aliphatic heterocycles. The van der Waals surface area contributed by atoms with Gasteiger partial charge < -0.3 is 9.08 Å². The van der Waals surface area contributed by atoms with E-state index in [1.807, 2.05) is 18.7 Å². The summed E-state index contributed by atoms with van der Waals surface area (Å²) in [5.74, 6) is 0.426. The number of hydrogen-bond donors (Lipinski definition) is 0. The smallest absolute Gasteiger partial charge is 0.306 e. The first-order valence-corrected chi connectivity index (χ1v) is 10.4. The van der Waals surface area contributed by atoms with Crippen LogP contribution in [-0.4, -0.2) is 31.5 Å². The van der Waals surface area contributed by atoms with Gasteiger partial charge in [-0.15, -0.1) is 0 Å². The summed E-state index contributed by atoms with van der Waals surface area (Å²) in [5, 5.41) is 0.478. The molecule has 0 heterocycles. The van der Waals surface area contributed by atoms with Crippen molar-refractivity contribution < 1.29 is 17.4 Å². The highest BCUT2D eigenvalue weighted by atomic mass is 35.5. The molecule has 1 aliphatic rings. The number of carbonyl (C=O) groups is 1. The van der Waals surface area contributed by atoms with Gasteiger partial charge in [-0.2, -0.15) is 8.42 Å². The second-order valence-corrected chi connectivity index (χ2v) is 8.40. The predicted octanol–water partition coefficient (Wildman–Crippen LogP) is 3.61. The second kappa shape index (κ2) is 7.74. The number of hydrogen-bond acceptors (Lipinski definition) is 4. The topological polar surface area (TPSA) is 63.7 Å². The summed E-state index contributed by atoms with van der Waals surface area (Å²) < 4.78 is 28.0. The van der Waals surface area contributed by atoms with E-state index >= 15 is 0 Å². The molecule has 1 fully saturated rings. The SMILES string of the molecule is CC[C@@H](C)N(Cc1cc(Cl)ccc1OS(C)(=O)=O)C(=O)C1CCC1. The van der Waals surface area contributed by atoms with Crippen LogP contribution in [0.5, 0.6) is 5.75 Å². The van der Waals surface area contributed by atoms with Crippen LogP contribution in [0.15, 0.2) is 18.2 Å². The molecule has 5 nitrogen and oxygen atoms in total. The molecule has 2 rings (SSSR count). The fourth-order valence-electron chi connectivity index (χ4n) is 2.66. The van der Waals surface area contributed by atoms with E-state index in [1.165, 1.54) is 6.07 Å². The molecule has 0 aromatic heterocycles. The maximum absolute atomic E-state index is 12.7. The Kier molecular flexibility index (Phi) is 6.15. The third-order valence-electron chi connectivity index (χ3n) is 4.46. The van der Waals surface area contributed by atoms with Crippen LogP contribution in [0.4, 0.5) is 0 Å². The molecule has 0 radical (unpaired) electrons. The maximum Gasteiger partial charge on any atom is 0.306 e. The Bertz CT molecular complexity index is 701. The lowest BCUT2D eigenvalue weighted by molar-refractivity contribution is -0.141. The summed E-state index contributed by atoms with van der Waals surface area (Å²) in [6.07, 6.45) is 4.75. The van der Waals surface area contributed by atoms with Crippen molar-refractivity contribution in [1.29, 1.82) is 0 Å². The van der Waals surface area contributed by atoms with Crippen molar-refractivity contribution >= 4 is 27.6 Å². The summed E-state index contributed by atoms with van der Waals surface area (Å²) >= 11 is 6.06. The van der Waals surface area contributed by atoms with E-state index in [4.69, 9.17) is 15.8 Å². The predicted molar refractivity (Wildman–Crippen MR) is 94.6 cm³/mol. The van der Waals surface area contributed by atoms with Crippen LogP contribution < -0.4 is 4.18 Å². The molecule has 0 spiro atoms. The molecule has 1 aromatic carbocycles. The molecule has 1 amide bonds. The van der Waals surface area contributed by atoms with E-state index in [0.717, 1.165) is 31.9 Å². The number of amides is 1. The summed E-state index contributed by atoms with van der Waals surface area (Å²) in [6, 6.07) is 4.82. The minimum Gasteiger partial charge on any atom is -0.382 e. The Hall–Kier alpha value is -1.27. The zero-order valence-corrected chi connectivity index (χ0v) is 15.9. The van der Waals surface area contributed by atoms with E-state index in [2.05, 4.69) is 0 Å². The van der Waals surface area contributed by atoms with Crippen molar-refractivity contribution in [3.63, 3.8) is 0 Å². The quantitative estimate of drug-likeness (QED) is 0.685. The van der Waals surface area contributed by atoms with Gasteiger partial charge in [0.25, 0.3) is 0 Å². The lowest BCUT2D eigenvalue weighted by Gasteiger charge is -2.35. The summed E-state index contributed by atoms with van der Waals surface area (Å²) in [7, 11) is -3.65. The third-order valence-corrected chi connectivity index (χ3v) is 5.18. The molecule has 0 unspecified atom stereocenters. The molecule has 134 valence electrons. The normalized spacial score (nSPS) is 16.3. The van der Waals surface area contributed by atoms with Crippen LogP contribution in [0.3, 0.4) is 0 Å². The fourth-order valence-corrected chi connectivity index (χ4v) is 3.34. The standard InChI is InChI=1S/C17H24ClNO4S/c1-4-12(2)19(17(20)13-6-5-7-13)11-14-10-15(18)8-9-16(14)23-24(3,21)22/h8-10,12-13H,4-7,11H2,1-3H3/t12-/m1/s1. The second-order valence-electron chi connectivity index (χ2n) is 6.39. The molecule has 24 heavy (non-hydrogen) atoms. The first-order valence-electron chi connectivity index (χ1n) is 8.19. The lowest BCUT2D eigenvalue weighted by atomic mass is 9.84. The largest absolute Gasteiger partial charge is 0.382 e. The van der Waals surface area contributed by atoms with Gasteiger partial charge in [-0.3, -0.25) is 4.79 Å². The van der Waals surface area contributed by atoms with Gasteiger partial charge >= 0.3 is 10.1 Å².